The van der Waals surface area contributed by atoms with Gasteiger partial charge in [-0.05, 0) is 18.9 Å². The van der Waals surface area contributed by atoms with Crippen molar-refractivity contribution >= 4 is 5.90 Å². The molecule has 0 saturated carbocycles. The molecule has 0 N–H and O–H groups in total. The molecule has 0 bridgehead atoms. The summed E-state index contributed by atoms with van der Waals surface area (Å²) in [6.07, 6.45) is 1.59. The molecular formula is C12H23NO. The Hall–Kier alpha value is -1.05. The summed E-state index contributed by atoms with van der Waals surface area (Å²) in [7, 11) is 0. The molecule has 14 heavy (non-hydrogen) atoms. The highest BCUT2D eigenvalue weighted by Gasteiger charge is 1.97. The largest absolute Gasteiger partial charge is 0.477 e. The molecule has 0 unspecified atom stereocenters. The quantitative estimate of drug-likeness (QED) is 0.496. The maximum Gasteiger partial charge on any atom is 0.212 e. The number of hydrogen-bond donors (Lipinski definition) is 0. The van der Waals surface area contributed by atoms with E-state index in [0.717, 1.165) is 5.70 Å². The second-order valence-corrected chi connectivity index (χ2v) is 3.09. The molecule has 0 heterocycles. The van der Waals surface area contributed by atoms with E-state index >= 15 is 0 Å². The van der Waals surface area contributed by atoms with Gasteiger partial charge in [0.05, 0.1) is 6.61 Å². The van der Waals surface area contributed by atoms with Crippen LogP contribution in [-0.4, -0.2) is 12.5 Å². The lowest BCUT2D eigenvalue weighted by atomic mass is 10.2. The number of hydrogen-bond acceptors (Lipinski definition) is 2. The van der Waals surface area contributed by atoms with E-state index in [1.807, 2.05) is 20.8 Å². The lowest BCUT2D eigenvalue weighted by Gasteiger charge is -2.07. The molecule has 2 heteroatoms. The van der Waals surface area contributed by atoms with Crippen LogP contribution in [0.5, 0.6) is 0 Å². The molecule has 0 aliphatic rings. The zero-order valence-corrected chi connectivity index (χ0v) is 10.1. The Labute approximate surface area is 88.4 Å². The minimum Gasteiger partial charge on any atom is -0.477 e. The fourth-order valence-electron chi connectivity index (χ4n) is 0.577. The van der Waals surface area contributed by atoms with Crippen molar-refractivity contribution < 1.29 is 4.74 Å². The van der Waals surface area contributed by atoms with Crippen LogP contribution in [0.3, 0.4) is 0 Å². The molecule has 0 aliphatic heterocycles. The predicted molar refractivity (Wildman–Crippen MR) is 64.6 cm³/mol. The first-order valence-electron chi connectivity index (χ1n) is 5.05. The van der Waals surface area contributed by atoms with Crippen LogP contribution in [0.25, 0.3) is 0 Å². The Balaban J connectivity index is 0. The molecule has 0 fully saturated rings. The summed E-state index contributed by atoms with van der Waals surface area (Å²) in [6, 6.07) is 0. The first-order chi connectivity index (χ1) is 6.56. The lowest BCUT2D eigenvalue weighted by Crippen LogP contribution is -2.07. The fourth-order valence-corrected chi connectivity index (χ4v) is 0.577. The zero-order chi connectivity index (χ0) is 11.6. The Kier molecular flexibility index (Phi) is 11.1. The second kappa shape index (κ2) is 10.0. The highest BCUT2D eigenvalue weighted by molar-refractivity contribution is 5.87. The van der Waals surface area contributed by atoms with Crippen LogP contribution >= 0.6 is 0 Å². The summed E-state index contributed by atoms with van der Waals surface area (Å²) >= 11 is 0. The smallest absolute Gasteiger partial charge is 0.212 e. The number of ether oxygens (including phenoxy) is 1. The Morgan fingerprint density at radius 3 is 2.21 bits per heavy atom. The van der Waals surface area contributed by atoms with E-state index < -0.39 is 0 Å². The summed E-state index contributed by atoms with van der Waals surface area (Å²) in [5.74, 6) is 1.05. The molecule has 0 rings (SSSR count). The van der Waals surface area contributed by atoms with E-state index in [0.29, 0.717) is 18.4 Å². The third-order valence-electron chi connectivity index (χ3n) is 1.04. The van der Waals surface area contributed by atoms with Crippen LogP contribution in [-0.2, 0) is 4.74 Å². The number of rotatable bonds is 4. The summed E-state index contributed by atoms with van der Waals surface area (Å²) < 4.78 is 5.33. The first kappa shape index (κ1) is 15.4. The van der Waals surface area contributed by atoms with Gasteiger partial charge in [0.2, 0.25) is 5.90 Å². The minimum absolute atomic E-state index is 0.500. The van der Waals surface area contributed by atoms with Crippen molar-refractivity contribution in [2.75, 3.05) is 6.61 Å². The van der Waals surface area contributed by atoms with E-state index in [1.54, 1.807) is 6.08 Å². The molecule has 0 aromatic rings. The van der Waals surface area contributed by atoms with Gasteiger partial charge in [0.15, 0.2) is 0 Å². The molecule has 0 atom stereocenters. The first-order valence-corrected chi connectivity index (χ1v) is 5.05. The standard InChI is InChI=1S/C10H17NO.C2H6/c1-6-10(11-9(4)5)12-7-8(2)3;1-2/h6,8H,1,4,7H2,2-3,5H3;1-2H3. The van der Waals surface area contributed by atoms with E-state index in [2.05, 4.69) is 32.0 Å². The van der Waals surface area contributed by atoms with E-state index in [4.69, 9.17) is 4.74 Å². The molecule has 0 aromatic heterocycles. The fraction of sp³-hybridized carbons (Fsp3) is 0.583. The second-order valence-electron chi connectivity index (χ2n) is 3.09. The van der Waals surface area contributed by atoms with Gasteiger partial charge < -0.3 is 4.74 Å². The molecule has 0 aromatic carbocycles. The molecule has 0 spiro atoms. The Morgan fingerprint density at radius 2 is 1.93 bits per heavy atom. The maximum atomic E-state index is 5.33. The van der Waals surface area contributed by atoms with Crippen LogP contribution in [0, 0.1) is 5.92 Å². The average molecular weight is 197 g/mol. The van der Waals surface area contributed by atoms with Gasteiger partial charge in [0.25, 0.3) is 0 Å². The molecule has 0 saturated heterocycles. The molecule has 0 radical (unpaired) electrons. The third-order valence-corrected chi connectivity index (χ3v) is 1.04. The van der Waals surface area contributed by atoms with E-state index in [9.17, 15) is 0 Å². The monoisotopic (exact) mass is 197 g/mol. The zero-order valence-electron chi connectivity index (χ0n) is 10.1. The van der Waals surface area contributed by atoms with Crippen molar-refractivity contribution in [2.45, 2.75) is 34.6 Å². The van der Waals surface area contributed by atoms with Crippen LogP contribution in [0.1, 0.15) is 34.6 Å². The molecule has 0 aliphatic carbocycles. The van der Waals surface area contributed by atoms with Gasteiger partial charge in [0, 0.05) is 5.70 Å². The van der Waals surface area contributed by atoms with Crippen molar-refractivity contribution in [1.82, 2.24) is 0 Å². The minimum atomic E-state index is 0.500. The summed E-state index contributed by atoms with van der Waals surface area (Å²) in [4.78, 5) is 4.05. The summed E-state index contributed by atoms with van der Waals surface area (Å²) in [5, 5.41) is 0. The normalized spacial score (nSPS) is 10.3. The van der Waals surface area contributed by atoms with Crippen molar-refractivity contribution in [3.8, 4) is 0 Å². The topological polar surface area (TPSA) is 21.6 Å². The van der Waals surface area contributed by atoms with E-state index in [1.165, 1.54) is 0 Å². The van der Waals surface area contributed by atoms with E-state index in [-0.39, 0.29) is 0 Å². The number of nitrogens with zero attached hydrogens (tertiary/aromatic N) is 1. The van der Waals surface area contributed by atoms with Crippen LogP contribution in [0.4, 0.5) is 0 Å². The highest BCUT2D eigenvalue weighted by atomic mass is 16.5. The van der Waals surface area contributed by atoms with Crippen molar-refractivity contribution in [1.29, 1.82) is 0 Å². The van der Waals surface area contributed by atoms with Crippen molar-refractivity contribution in [3.63, 3.8) is 0 Å². The number of aliphatic imine (C=N–C) groups is 1. The Bertz CT molecular complexity index is 192. The van der Waals surface area contributed by atoms with Gasteiger partial charge in [-0.15, -0.1) is 0 Å². The average Bonchev–Trinajstić information content (AvgIpc) is 2.14. The van der Waals surface area contributed by atoms with Crippen molar-refractivity contribution in [2.24, 2.45) is 10.9 Å². The van der Waals surface area contributed by atoms with Crippen molar-refractivity contribution in [3.05, 3.63) is 24.9 Å². The van der Waals surface area contributed by atoms with Crippen LogP contribution in [0.2, 0.25) is 0 Å². The summed E-state index contributed by atoms with van der Waals surface area (Å²) in [6.45, 7) is 17.9. The van der Waals surface area contributed by atoms with Gasteiger partial charge in [-0.1, -0.05) is 40.9 Å². The van der Waals surface area contributed by atoms with Gasteiger partial charge in [-0.2, -0.15) is 0 Å². The Morgan fingerprint density at radius 1 is 1.43 bits per heavy atom. The molecule has 82 valence electrons. The van der Waals surface area contributed by atoms with Gasteiger partial charge >= 0.3 is 0 Å². The summed E-state index contributed by atoms with van der Waals surface area (Å²) in [5.41, 5.74) is 0.730. The lowest BCUT2D eigenvalue weighted by molar-refractivity contribution is 0.261. The highest BCUT2D eigenvalue weighted by Crippen LogP contribution is 1.97. The number of allylic oxidation sites excluding steroid dienone is 1. The van der Waals surface area contributed by atoms with Gasteiger partial charge in [-0.25, -0.2) is 4.99 Å². The third kappa shape index (κ3) is 11.0. The van der Waals surface area contributed by atoms with Crippen LogP contribution < -0.4 is 0 Å². The van der Waals surface area contributed by atoms with Crippen LogP contribution in [0.15, 0.2) is 29.9 Å². The maximum absolute atomic E-state index is 5.33. The molecule has 0 amide bonds. The van der Waals surface area contributed by atoms with Gasteiger partial charge in [0.1, 0.15) is 0 Å². The molecular weight excluding hydrogens is 174 g/mol. The van der Waals surface area contributed by atoms with Gasteiger partial charge in [-0.3, -0.25) is 0 Å². The molecule has 2 nitrogen and oxygen atoms in total. The SMILES string of the molecule is C=CC(=NC(=C)C)OCC(C)C.CC. The predicted octanol–water partition coefficient (Wildman–Crippen LogP) is 3.80.